The van der Waals surface area contributed by atoms with Gasteiger partial charge in [-0.3, -0.25) is 4.79 Å². The van der Waals surface area contributed by atoms with Crippen LogP contribution in [-0.4, -0.2) is 27.2 Å². The van der Waals surface area contributed by atoms with Gasteiger partial charge in [-0.05, 0) is 41.0 Å². The third-order valence-corrected chi connectivity index (χ3v) is 4.59. The number of methoxy groups -OCH3 is 3. The Balaban J connectivity index is 1.80. The molecule has 1 N–H and O–H groups in total. The number of carbonyl (C=O) groups excluding carboxylic acids is 1. The Morgan fingerprint density at radius 1 is 0.742 bits per heavy atom. The van der Waals surface area contributed by atoms with Crippen molar-refractivity contribution >= 4 is 29.8 Å². The molecule has 0 aromatic heterocycles. The van der Waals surface area contributed by atoms with E-state index >= 15 is 0 Å². The first-order valence-electron chi connectivity index (χ1n) is 9.76. The van der Waals surface area contributed by atoms with Gasteiger partial charge in [-0.2, -0.15) is 0 Å². The highest BCUT2D eigenvalue weighted by molar-refractivity contribution is 6.03. The number of ether oxygens (including phenoxy) is 3. The molecule has 0 aliphatic heterocycles. The number of anilines is 1. The summed E-state index contributed by atoms with van der Waals surface area (Å²) in [6, 6.07) is 21.0. The maximum Gasteiger partial charge on any atom is 0.248 e. The minimum atomic E-state index is -0.197. The summed E-state index contributed by atoms with van der Waals surface area (Å²) >= 11 is 0. The van der Waals surface area contributed by atoms with Crippen LogP contribution in [0.25, 0.3) is 18.2 Å². The number of benzene rings is 3. The minimum Gasteiger partial charge on any atom is -0.493 e. The van der Waals surface area contributed by atoms with Crippen molar-refractivity contribution in [2.24, 2.45) is 0 Å². The van der Waals surface area contributed by atoms with Gasteiger partial charge in [-0.1, -0.05) is 60.7 Å². The summed E-state index contributed by atoms with van der Waals surface area (Å²) in [5.74, 6) is 1.50. The fourth-order valence-electron chi connectivity index (χ4n) is 3.05. The number of rotatable bonds is 8. The Kier molecular flexibility index (Phi) is 7.49. The van der Waals surface area contributed by atoms with E-state index in [9.17, 15) is 4.79 Å². The molecule has 31 heavy (non-hydrogen) atoms. The van der Waals surface area contributed by atoms with Crippen molar-refractivity contribution in [2.45, 2.75) is 0 Å². The molecule has 0 saturated carbocycles. The SMILES string of the molecule is COc1cc(C=Cc2ccccc2NC(=O)/C=C/c2ccccc2)cc(OC)c1OC. The van der Waals surface area contributed by atoms with Gasteiger partial charge in [0.2, 0.25) is 11.7 Å². The van der Waals surface area contributed by atoms with Crippen molar-refractivity contribution in [1.82, 2.24) is 0 Å². The van der Waals surface area contributed by atoms with Crippen LogP contribution >= 0.6 is 0 Å². The fraction of sp³-hybridized carbons (Fsp3) is 0.115. The second-order valence-corrected chi connectivity index (χ2v) is 6.61. The molecule has 158 valence electrons. The van der Waals surface area contributed by atoms with Gasteiger partial charge >= 0.3 is 0 Å². The zero-order chi connectivity index (χ0) is 22.1. The smallest absolute Gasteiger partial charge is 0.248 e. The fourth-order valence-corrected chi connectivity index (χ4v) is 3.05. The van der Waals surface area contributed by atoms with Crippen molar-refractivity contribution in [3.05, 3.63) is 89.5 Å². The van der Waals surface area contributed by atoms with Crippen LogP contribution in [0.3, 0.4) is 0 Å². The van der Waals surface area contributed by atoms with E-state index in [1.807, 2.05) is 78.9 Å². The molecule has 3 rings (SSSR count). The van der Waals surface area contributed by atoms with Gasteiger partial charge in [-0.15, -0.1) is 0 Å². The summed E-state index contributed by atoms with van der Waals surface area (Å²) in [5, 5.41) is 2.93. The molecule has 0 heterocycles. The van der Waals surface area contributed by atoms with Gasteiger partial charge in [0.1, 0.15) is 0 Å². The van der Waals surface area contributed by atoms with E-state index in [1.54, 1.807) is 27.4 Å². The van der Waals surface area contributed by atoms with E-state index in [0.29, 0.717) is 22.9 Å². The third kappa shape index (κ3) is 5.76. The molecule has 5 heteroatoms. The van der Waals surface area contributed by atoms with Crippen LogP contribution in [0.15, 0.2) is 72.8 Å². The number of hydrogen-bond acceptors (Lipinski definition) is 4. The van der Waals surface area contributed by atoms with E-state index in [-0.39, 0.29) is 5.91 Å². The molecule has 0 spiro atoms. The van der Waals surface area contributed by atoms with E-state index in [1.165, 1.54) is 6.08 Å². The highest BCUT2D eigenvalue weighted by Crippen LogP contribution is 2.38. The standard InChI is InChI=1S/C26H25NO4/c1-29-23-17-20(18-24(30-2)26(23)31-3)13-15-21-11-7-8-12-22(21)27-25(28)16-14-19-9-5-4-6-10-19/h4-18H,1-3H3,(H,27,28)/b15-13?,16-14+. The molecule has 0 aliphatic carbocycles. The van der Waals surface area contributed by atoms with Crippen LogP contribution in [0.1, 0.15) is 16.7 Å². The monoisotopic (exact) mass is 415 g/mol. The minimum absolute atomic E-state index is 0.197. The largest absolute Gasteiger partial charge is 0.493 e. The number of carbonyl (C=O) groups is 1. The van der Waals surface area contributed by atoms with Gasteiger partial charge in [0, 0.05) is 11.8 Å². The topological polar surface area (TPSA) is 56.8 Å². The van der Waals surface area contributed by atoms with Gasteiger partial charge in [0.05, 0.1) is 21.3 Å². The van der Waals surface area contributed by atoms with Crippen molar-refractivity contribution in [1.29, 1.82) is 0 Å². The lowest BCUT2D eigenvalue weighted by Gasteiger charge is -2.13. The van der Waals surface area contributed by atoms with Crippen LogP contribution < -0.4 is 19.5 Å². The number of nitrogens with one attached hydrogen (secondary N) is 1. The van der Waals surface area contributed by atoms with Crippen LogP contribution in [0.5, 0.6) is 17.2 Å². The lowest BCUT2D eigenvalue weighted by molar-refractivity contribution is -0.111. The lowest BCUT2D eigenvalue weighted by Crippen LogP contribution is -2.08. The summed E-state index contributed by atoms with van der Waals surface area (Å²) in [7, 11) is 4.73. The quantitative estimate of drug-likeness (QED) is 0.388. The van der Waals surface area contributed by atoms with E-state index in [0.717, 1.165) is 16.7 Å². The second kappa shape index (κ2) is 10.7. The summed E-state index contributed by atoms with van der Waals surface area (Å²) in [4.78, 5) is 12.4. The highest BCUT2D eigenvalue weighted by atomic mass is 16.5. The van der Waals surface area contributed by atoms with Crippen LogP contribution in [0.2, 0.25) is 0 Å². The number of hydrogen-bond donors (Lipinski definition) is 1. The molecule has 3 aromatic rings. The molecule has 0 aliphatic rings. The molecule has 0 fully saturated rings. The first-order chi connectivity index (χ1) is 15.1. The zero-order valence-electron chi connectivity index (χ0n) is 17.8. The first kappa shape index (κ1) is 21.7. The maximum absolute atomic E-state index is 12.4. The zero-order valence-corrected chi connectivity index (χ0v) is 17.8. The Morgan fingerprint density at radius 3 is 2.03 bits per heavy atom. The molecular formula is C26H25NO4. The Morgan fingerprint density at radius 2 is 1.39 bits per heavy atom. The molecule has 0 unspecified atom stereocenters. The summed E-state index contributed by atoms with van der Waals surface area (Å²) in [6.45, 7) is 0. The van der Waals surface area contributed by atoms with Crippen LogP contribution in [-0.2, 0) is 4.79 Å². The predicted octanol–water partition coefficient (Wildman–Crippen LogP) is 5.53. The van der Waals surface area contributed by atoms with Gasteiger partial charge in [0.15, 0.2) is 11.5 Å². The second-order valence-electron chi connectivity index (χ2n) is 6.61. The lowest BCUT2D eigenvalue weighted by atomic mass is 10.1. The van der Waals surface area contributed by atoms with Crippen molar-refractivity contribution in [2.75, 3.05) is 26.6 Å². The predicted molar refractivity (Wildman–Crippen MR) is 126 cm³/mol. The van der Waals surface area contributed by atoms with Crippen LogP contribution in [0, 0.1) is 0 Å². The van der Waals surface area contributed by atoms with E-state index in [4.69, 9.17) is 14.2 Å². The van der Waals surface area contributed by atoms with Crippen molar-refractivity contribution < 1.29 is 19.0 Å². The van der Waals surface area contributed by atoms with Gasteiger partial charge in [-0.25, -0.2) is 0 Å². The van der Waals surface area contributed by atoms with E-state index in [2.05, 4.69) is 5.32 Å². The normalized spacial score (nSPS) is 10.9. The molecule has 3 aromatic carbocycles. The maximum atomic E-state index is 12.4. The number of para-hydroxylation sites is 1. The molecule has 0 atom stereocenters. The van der Waals surface area contributed by atoms with Gasteiger partial charge < -0.3 is 19.5 Å². The first-order valence-corrected chi connectivity index (χ1v) is 9.76. The molecule has 1 amide bonds. The van der Waals surface area contributed by atoms with Crippen molar-refractivity contribution in [3.8, 4) is 17.2 Å². The molecular weight excluding hydrogens is 390 g/mol. The molecule has 0 bridgehead atoms. The van der Waals surface area contributed by atoms with Gasteiger partial charge in [0.25, 0.3) is 0 Å². The summed E-state index contributed by atoms with van der Waals surface area (Å²) in [6.07, 6.45) is 7.16. The highest BCUT2D eigenvalue weighted by Gasteiger charge is 2.12. The average Bonchev–Trinajstić information content (AvgIpc) is 2.82. The van der Waals surface area contributed by atoms with Crippen LogP contribution in [0.4, 0.5) is 5.69 Å². The molecule has 0 saturated heterocycles. The average molecular weight is 415 g/mol. The van der Waals surface area contributed by atoms with Crippen molar-refractivity contribution in [3.63, 3.8) is 0 Å². The van der Waals surface area contributed by atoms with E-state index < -0.39 is 0 Å². The summed E-state index contributed by atoms with van der Waals surface area (Å²) in [5.41, 5.74) is 3.43. The Labute approximate surface area is 182 Å². The third-order valence-electron chi connectivity index (χ3n) is 4.59. The summed E-state index contributed by atoms with van der Waals surface area (Å²) < 4.78 is 16.2. The molecule has 5 nitrogen and oxygen atoms in total. The Bertz CT molecular complexity index is 1060. The molecule has 0 radical (unpaired) electrons. The number of amides is 1. The Hall–Kier alpha value is -3.99.